The zero-order chi connectivity index (χ0) is 13.9. The molecule has 0 radical (unpaired) electrons. The molecule has 5 nitrogen and oxygen atoms in total. The second-order valence-electron chi connectivity index (χ2n) is 4.26. The van der Waals surface area contributed by atoms with Gasteiger partial charge in [-0.2, -0.15) is 0 Å². The first-order valence-electron chi connectivity index (χ1n) is 6.15. The molecule has 0 fully saturated rings. The summed E-state index contributed by atoms with van der Waals surface area (Å²) in [6.45, 7) is 0. The van der Waals surface area contributed by atoms with Crippen LogP contribution in [0.25, 0.3) is 5.65 Å². The highest BCUT2D eigenvalue weighted by Crippen LogP contribution is 2.17. The second kappa shape index (κ2) is 5.05. The van der Waals surface area contributed by atoms with E-state index in [1.54, 1.807) is 37.6 Å². The lowest BCUT2D eigenvalue weighted by atomic mass is 10.2. The number of rotatable bonds is 3. The van der Waals surface area contributed by atoms with Gasteiger partial charge in [-0.3, -0.25) is 4.79 Å². The van der Waals surface area contributed by atoms with Gasteiger partial charge in [-0.25, -0.2) is 4.98 Å². The van der Waals surface area contributed by atoms with Gasteiger partial charge >= 0.3 is 0 Å². The lowest BCUT2D eigenvalue weighted by molar-refractivity contribution is 0.102. The van der Waals surface area contributed by atoms with E-state index in [0.717, 1.165) is 11.4 Å². The monoisotopic (exact) mass is 267 g/mol. The Balaban J connectivity index is 1.86. The van der Waals surface area contributed by atoms with Gasteiger partial charge in [-0.15, -0.1) is 0 Å². The molecule has 3 rings (SSSR count). The van der Waals surface area contributed by atoms with Crippen LogP contribution < -0.4 is 10.1 Å². The Bertz CT molecular complexity index is 747. The van der Waals surface area contributed by atoms with Crippen molar-refractivity contribution in [3.8, 4) is 5.75 Å². The van der Waals surface area contributed by atoms with E-state index < -0.39 is 0 Å². The maximum atomic E-state index is 12.2. The van der Waals surface area contributed by atoms with Crippen LogP contribution >= 0.6 is 0 Å². The number of nitrogens with zero attached hydrogens (tertiary/aromatic N) is 2. The minimum atomic E-state index is -0.177. The van der Waals surface area contributed by atoms with Crippen LogP contribution in [0.15, 0.2) is 55.0 Å². The normalized spacial score (nSPS) is 10.4. The number of pyridine rings is 1. The molecule has 0 aliphatic heterocycles. The SMILES string of the molecule is COc1ccc(C(=O)Nc2cccn3ccnc23)cc1. The van der Waals surface area contributed by atoms with Gasteiger partial charge in [0.25, 0.3) is 5.91 Å². The van der Waals surface area contributed by atoms with Gasteiger partial charge in [0.05, 0.1) is 12.8 Å². The third-order valence-corrected chi connectivity index (χ3v) is 3.02. The summed E-state index contributed by atoms with van der Waals surface area (Å²) in [6, 6.07) is 10.6. The van der Waals surface area contributed by atoms with Gasteiger partial charge in [0.1, 0.15) is 5.75 Å². The van der Waals surface area contributed by atoms with Crippen molar-refractivity contribution in [1.82, 2.24) is 9.38 Å². The highest BCUT2D eigenvalue weighted by Gasteiger charge is 2.09. The molecule has 20 heavy (non-hydrogen) atoms. The number of imidazole rings is 1. The third-order valence-electron chi connectivity index (χ3n) is 3.02. The summed E-state index contributed by atoms with van der Waals surface area (Å²) in [5.41, 5.74) is 1.96. The molecule has 3 aromatic rings. The van der Waals surface area contributed by atoms with E-state index in [-0.39, 0.29) is 5.91 Å². The van der Waals surface area contributed by atoms with E-state index in [2.05, 4.69) is 10.3 Å². The highest BCUT2D eigenvalue weighted by molar-refractivity contribution is 6.06. The summed E-state index contributed by atoms with van der Waals surface area (Å²) in [6.07, 6.45) is 5.40. The van der Waals surface area contributed by atoms with E-state index in [9.17, 15) is 4.79 Å². The second-order valence-corrected chi connectivity index (χ2v) is 4.26. The topological polar surface area (TPSA) is 55.6 Å². The molecule has 1 aromatic carbocycles. The largest absolute Gasteiger partial charge is 0.497 e. The van der Waals surface area contributed by atoms with Gasteiger partial charge in [0.2, 0.25) is 0 Å². The van der Waals surface area contributed by atoms with Gasteiger partial charge in [-0.1, -0.05) is 0 Å². The van der Waals surface area contributed by atoms with Gasteiger partial charge < -0.3 is 14.5 Å². The molecule has 0 unspecified atom stereocenters. The zero-order valence-corrected chi connectivity index (χ0v) is 10.9. The molecule has 1 N–H and O–H groups in total. The van der Waals surface area contributed by atoms with Gasteiger partial charge in [0.15, 0.2) is 5.65 Å². The molecule has 1 amide bonds. The first kappa shape index (κ1) is 12.2. The Kier molecular flexibility index (Phi) is 3.09. The fourth-order valence-corrected chi connectivity index (χ4v) is 1.98. The number of benzene rings is 1. The molecule has 0 atom stereocenters. The quantitative estimate of drug-likeness (QED) is 0.793. The summed E-state index contributed by atoms with van der Waals surface area (Å²) < 4.78 is 6.92. The van der Waals surface area contributed by atoms with E-state index in [1.807, 2.05) is 28.9 Å². The number of fused-ring (bicyclic) bond motifs is 1. The van der Waals surface area contributed by atoms with Crippen molar-refractivity contribution < 1.29 is 9.53 Å². The van der Waals surface area contributed by atoms with E-state index in [0.29, 0.717) is 11.3 Å². The van der Waals surface area contributed by atoms with E-state index in [1.165, 1.54) is 0 Å². The molecule has 0 saturated heterocycles. The van der Waals surface area contributed by atoms with Crippen molar-refractivity contribution in [2.45, 2.75) is 0 Å². The van der Waals surface area contributed by atoms with Crippen LogP contribution in [0, 0.1) is 0 Å². The van der Waals surface area contributed by atoms with Crippen molar-refractivity contribution in [3.05, 3.63) is 60.6 Å². The number of methoxy groups -OCH3 is 1. The summed E-state index contributed by atoms with van der Waals surface area (Å²) >= 11 is 0. The maximum absolute atomic E-state index is 12.2. The molecule has 0 aliphatic carbocycles. The fraction of sp³-hybridized carbons (Fsp3) is 0.0667. The Hall–Kier alpha value is -2.82. The number of ether oxygens (including phenoxy) is 1. The lowest BCUT2D eigenvalue weighted by Gasteiger charge is -2.07. The number of hydrogen-bond donors (Lipinski definition) is 1. The fourth-order valence-electron chi connectivity index (χ4n) is 1.98. The molecular weight excluding hydrogens is 254 g/mol. The number of aromatic nitrogens is 2. The van der Waals surface area contributed by atoms with Crippen LogP contribution in [0.5, 0.6) is 5.75 Å². The molecule has 0 bridgehead atoms. The van der Waals surface area contributed by atoms with Crippen molar-refractivity contribution >= 4 is 17.2 Å². The summed E-state index contributed by atoms with van der Waals surface area (Å²) in [5, 5.41) is 2.86. The molecule has 2 aromatic heterocycles. The van der Waals surface area contributed by atoms with E-state index >= 15 is 0 Å². The molecule has 5 heteroatoms. The smallest absolute Gasteiger partial charge is 0.255 e. The number of anilines is 1. The number of hydrogen-bond acceptors (Lipinski definition) is 3. The first-order valence-corrected chi connectivity index (χ1v) is 6.15. The average Bonchev–Trinajstić information content (AvgIpc) is 2.97. The Morgan fingerprint density at radius 1 is 1.20 bits per heavy atom. The molecular formula is C15H13N3O2. The number of carbonyl (C=O) groups excluding carboxylic acids is 1. The standard InChI is InChI=1S/C15H13N3O2/c1-20-12-6-4-11(5-7-12)15(19)17-13-3-2-9-18-10-8-16-14(13)18/h2-10H,1H3,(H,17,19). The van der Waals surface area contributed by atoms with Crippen LogP contribution in [0.1, 0.15) is 10.4 Å². The minimum Gasteiger partial charge on any atom is -0.497 e. The van der Waals surface area contributed by atoms with Crippen LogP contribution in [-0.4, -0.2) is 22.4 Å². The number of carbonyl (C=O) groups is 1. The molecule has 0 spiro atoms. The maximum Gasteiger partial charge on any atom is 0.255 e. The number of nitrogens with one attached hydrogen (secondary N) is 1. The predicted octanol–water partition coefficient (Wildman–Crippen LogP) is 2.60. The minimum absolute atomic E-state index is 0.177. The Morgan fingerprint density at radius 3 is 2.75 bits per heavy atom. The van der Waals surface area contributed by atoms with E-state index in [4.69, 9.17) is 4.74 Å². The molecule has 0 aliphatic rings. The lowest BCUT2D eigenvalue weighted by Crippen LogP contribution is -2.12. The average molecular weight is 267 g/mol. The molecule has 2 heterocycles. The van der Waals surface area contributed by atoms with Crippen LogP contribution in [-0.2, 0) is 0 Å². The Labute approximate surface area is 115 Å². The predicted molar refractivity (Wildman–Crippen MR) is 76.1 cm³/mol. The van der Waals surface area contributed by atoms with Crippen molar-refractivity contribution in [2.24, 2.45) is 0 Å². The molecule has 0 saturated carbocycles. The van der Waals surface area contributed by atoms with Gasteiger partial charge in [-0.05, 0) is 36.4 Å². The molecule has 100 valence electrons. The van der Waals surface area contributed by atoms with Crippen molar-refractivity contribution in [1.29, 1.82) is 0 Å². The zero-order valence-electron chi connectivity index (χ0n) is 10.9. The van der Waals surface area contributed by atoms with Crippen LogP contribution in [0.3, 0.4) is 0 Å². The highest BCUT2D eigenvalue weighted by atomic mass is 16.5. The van der Waals surface area contributed by atoms with Crippen LogP contribution in [0.2, 0.25) is 0 Å². The number of amides is 1. The van der Waals surface area contributed by atoms with Crippen molar-refractivity contribution in [2.75, 3.05) is 12.4 Å². The first-order chi connectivity index (χ1) is 9.78. The summed E-state index contributed by atoms with van der Waals surface area (Å²) in [5.74, 6) is 0.542. The summed E-state index contributed by atoms with van der Waals surface area (Å²) in [7, 11) is 1.59. The summed E-state index contributed by atoms with van der Waals surface area (Å²) in [4.78, 5) is 16.4. The van der Waals surface area contributed by atoms with Crippen molar-refractivity contribution in [3.63, 3.8) is 0 Å². The Morgan fingerprint density at radius 2 is 2.00 bits per heavy atom. The van der Waals surface area contributed by atoms with Crippen LogP contribution in [0.4, 0.5) is 5.69 Å². The van der Waals surface area contributed by atoms with Gasteiger partial charge in [0, 0.05) is 24.2 Å². The third kappa shape index (κ3) is 2.21.